The van der Waals surface area contributed by atoms with Gasteiger partial charge in [-0.2, -0.15) is 0 Å². The average molecular weight is 391 g/mol. The summed E-state index contributed by atoms with van der Waals surface area (Å²) in [5.74, 6) is 1.05. The lowest BCUT2D eigenvalue weighted by Gasteiger charge is -2.05. The number of nitrogens with zero attached hydrogens (tertiary/aromatic N) is 3. The number of nitrogen functional groups attached to an aromatic ring is 1. The van der Waals surface area contributed by atoms with E-state index in [9.17, 15) is 0 Å². The average Bonchev–Trinajstić information content (AvgIpc) is 2.26. The molecule has 0 aliphatic heterocycles. The largest absolute Gasteiger partial charge is 0.383 e. The Hall–Kier alpha value is -0.760. The van der Waals surface area contributed by atoms with Crippen molar-refractivity contribution in [3.8, 4) is 11.5 Å². The van der Waals surface area contributed by atoms with E-state index in [-0.39, 0.29) is 0 Å². The van der Waals surface area contributed by atoms with Gasteiger partial charge in [0.1, 0.15) is 11.5 Å². The molecule has 82 valence electrons. The molecule has 0 aliphatic carbocycles. The summed E-state index contributed by atoms with van der Waals surface area (Å²) < 4.78 is 1.81. The van der Waals surface area contributed by atoms with Crippen LogP contribution in [0.15, 0.2) is 22.8 Å². The van der Waals surface area contributed by atoms with E-state index in [1.54, 1.807) is 6.20 Å². The zero-order valence-corrected chi connectivity index (χ0v) is 12.2. The molecule has 0 fully saturated rings. The lowest BCUT2D eigenvalue weighted by atomic mass is 10.3. The quantitative estimate of drug-likeness (QED) is 0.760. The Morgan fingerprint density at radius 3 is 2.62 bits per heavy atom. The molecule has 2 rings (SSSR count). The number of aromatic nitrogens is 3. The van der Waals surface area contributed by atoms with Crippen molar-refractivity contribution in [3.63, 3.8) is 0 Å². The second-order valence-corrected chi connectivity index (χ2v) is 5.19. The molecular formula is C10H8BrIN4. The van der Waals surface area contributed by atoms with Gasteiger partial charge >= 0.3 is 0 Å². The summed E-state index contributed by atoms with van der Waals surface area (Å²) in [7, 11) is 0. The highest BCUT2D eigenvalue weighted by Gasteiger charge is 2.08. The van der Waals surface area contributed by atoms with Crippen molar-refractivity contribution >= 4 is 44.3 Å². The maximum Gasteiger partial charge on any atom is 0.180 e. The van der Waals surface area contributed by atoms with Crippen LogP contribution in [-0.4, -0.2) is 15.0 Å². The van der Waals surface area contributed by atoms with E-state index in [2.05, 4.69) is 53.5 Å². The molecule has 2 N–H and O–H groups in total. The van der Waals surface area contributed by atoms with Gasteiger partial charge in [0, 0.05) is 10.7 Å². The summed E-state index contributed by atoms with van der Waals surface area (Å²) in [5.41, 5.74) is 7.38. The van der Waals surface area contributed by atoms with Crippen molar-refractivity contribution in [2.24, 2.45) is 0 Å². The minimum atomic E-state index is 0.493. The number of nitrogens with two attached hydrogens (primary N) is 1. The molecule has 0 atom stereocenters. The Labute approximate surface area is 115 Å². The summed E-state index contributed by atoms with van der Waals surface area (Å²) in [4.78, 5) is 12.8. The molecule has 0 spiro atoms. The van der Waals surface area contributed by atoms with E-state index < -0.39 is 0 Å². The number of hydrogen-bond acceptors (Lipinski definition) is 4. The van der Waals surface area contributed by atoms with E-state index in [4.69, 9.17) is 5.73 Å². The second kappa shape index (κ2) is 4.62. The van der Waals surface area contributed by atoms with Gasteiger partial charge in [-0.15, -0.1) is 0 Å². The van der Waals surface area contributed by atoms with Gasteiger partial charge in [-0.05, 0) is 57.6 Å². The van der Waals surface area contributed by atoms with Gasteiger partial charge in [0.15, 0.2) is 5.82 Å². The van der Waals surface area contributed by atoms with Crippen LogP contribution in [0, 0.1) is 10.5 Å². The summed E-state index contributed by atoms with van der Waals surface area (Å²) in [5, 5.41) is 0. The van der Waals surface area contributed by atoms with E-state index >= 15 is 0 Å². The number of anilines is 1. The summed E-state index contributed by atoms with van der Waals surface area (Å²) in [6, 6.07) is 3.75. The Morgan fingerprint density at radius 1 is 1.31 bits per heavy atom. The van der Waals surface area contributed by atoms with Gasteiger partial charge in [-0.1, -0.05) is 0 Å². The molecule has 0 radical (unpaired) electrons. The molecule has 0 amide bonds. The van der Waals surface area contributed by atoms with Crippen LogP contribution < -0.4 is 5.73 Å². The number of aryl methyl sites for hydroxylation is 1. The molecular weight excluding hydrogens is 383 g/mol. The van der Waals surface area contributed by atoms with E-state index in [0.717, 1.165) is 19.4 Å². The van der Waals surface area contributed by atoms with Crippen LogP contribution in [0.4, 0.5) is 5.82 Å². The van der Waals surface area contributed by atoms with Crippen LogP contribution in [0.1, 0.15) is 5.69 Å². The van der Waals surface area contributed by atoms with Crippen molar-refractivity contribution in [1.29, 1.82) is 0 Å². The number of pyridine rings is 1. The highest BCUT2D eigenvalue weighted by Crippen LogP contribution is 2.21. The highest BCUT2D eigenvalue weighted by molar-refractivity contribution is 14.1. The Bertz CT molecular complexity index is 504. The normalized spacial score (nSPS) is 10.4. The molecule has 0 aliphatic rings. The smallest absolute Gasteiger partial charge is 0.180 e. The molecule has 0 aromatic carbocycles. The second-order valence-electron chi connectivity index (χ2n) is 3.19. The summed E-state index contributed by atoms with van der Waals surface area (Å²) in [6.45, 7) is 1.90. The van der Waals surface area contributed by atoms with Crippen LogP contribution in [-0.2, 0) is 0 Å². The number of hydrogen-bond donors (Lipinski definition) is 1. The molecule has 0 bridgehead atoms. The van der Waals surface area contributed by atoms with Gasteiger partial charge in [0.25, 0.3) is 0 Å². The molecule has 0 saturated carbocycles. The van der Waals surface area contributed by atoms with Crippen molar-refractivity contribution in [1.82, 2.24) is 15.0 Å². The van der Waals surface area contributed by atoms with Gasteiger partial charge in [-0.25, -0.2) is 9.97 Å². The minimum absolute atomic E-state index is 0.493. The van der Waals surface area contributed by atoms with Crippen LogP contribution in [0.2, 0.25) is 0 Å². The zero-order valence-electron chi connectivity index (χ0n) is 8.41. The number of halogens is 2. The third-order valence-electron chi connectivity index (χ3n) is 2.00. The monoisotopic (exact) mass is 390 g/mol. The third-order valence-corrected chi connectivity index (χ3v) is 3.80. The van der Waals surface area contributed by atoms with Crippen LogP contribution in [0.3, 0.4) is 0 Å². The van der Waals surface area contributed by atoms with Crippen LogP contribution >= 0.6 is 38.5 Å². The Kier molecular flexibility index (Phi) is 3.38. The predicted octanol–water partition coefficient (Wildman–Crippen LogP) is 2.80. The van der Waals surface area contributed by atoms with Crippen LogP contribution in [0.25, 0.3) is 11.5 Å². The molecule has 16 heavy (non-hydrogen) atoms. The molecule has 2 aromatic heterocycles. The predicted molar refractivity (Wildman–Crippen MR) is 74.8 cm³/mol. The Morgan fingerprint density at radius 2 is 2.06 bits per heavy atom. The van der Waals surface area contributed by atoms with Crippen molar-refractivity contribution in [3.05, 3.63) is 32.1 Å². The Balaban J connectivity index is 2.52. The fourth-order valence-electron chi connectivity index (χ4n) is 1.20. The molecule has 4 nitrogen and oxygen atoms in total. The van der Waals surface area contributed by atoms with E-state index in [1.165, 1.54) is 0 Å². The van der Waals surface area contributed by atoms with E-state index in [1.807, 2.05) is 19.1 Å². The third kappa shape index (κ3) is 2.32. The first-order chi connectivity index (χ1) is 7.58. The zero-order chi connectivity index (χ0) is 11.7. The first kappa shape index (κ1) is 11.7. The first-order valence-corrected chi connectivity index (χ1v) is 6.36. The standard InChI is InChI=1S/C10H8BrIN4/c1-5-8(12)9(13)16-10(15-5)7-3-2-6(11)4-14-7/h2-4H,1H3,(H2,13,15,16). The van der Waals surface area contributed by atoms with E-state index in [0.29, 0.717) is 11.6 Å². The maximum atomic E-state index is 5.79. The summed E-state index contributed by atoms with van der Waals surface area (Å²) in [6.07, 6.45) is 1.71. The van der Waals surface area contributed by atoms with Crippen molar-refractivity contribution < 1.29 is 0 Å². The van der Waals surface area contributed by atoms with Crippen molar-refractivity contribution in [2.75, 3.05) is 5.73 Å². The lowest BCUT2D eigenvalue weighted by molar-refractivity contribution is 1.08. The fourth-order valence-corrected chi connectivity index (χ4v) is 1.68. The SMILES string of the molecule is Cc1nc(-c2ccc(Br)cn2)nc(N)c1I. The minimum Gasteiger partial charge on any atom is -0.383 e. The first-order valence-electron chi connectivity index (χ1n) is 4.49. The van der Waals surface area contributed by atoms with Gasteiger partial charge in [0.2, 0.25) is 0 Å². The molecule has 0 saturated heterocycles. The lowest BCUT2D eigenvalue weighted by Crippen LogP contribution is -2.02. The highest BCUT2D eigenvalue weighted by atomic mass is 127. The molecule has 2 heterocycles. The molecule has 0 unspecified atom stereocenters. The molecule has 6 heteroatoms. The molecule has 2 aromatic rings. The fraction of sp³-hybridized carbons (Fsp3) is 0.100. The van der Waals surface area contributed by atoms with Crippen LogP contribution in [0.5, 0.6) is 0 Å². The van der Waals surface area contributed by atoms with Gasteiger partial charge in [0.05, 0.1) is 9.26 Å². The summed E-state index contributed by atoms with van der Waals surface area (Å²) >= 11 is 5.46. The number of rotatable bonds is 1. The van der Waals surface area contributed by atoms with Crippen molar-refractivity contribution in [2.45, 2.75) is 6.92 Å². The van der Waals surface area contributed by atoms with Gasteiger partial charge in [-0.3, -0.25) is 4.98 Å². The van der Waals surface area contributed by atoms with Gasteiger partial charge < -0.3 is 5.73 Å². The topological polar surface area (TPSA) is 64.7 Å². The maximum absolute atomic E-state index is 5.79.